The van der Waals surface area contributed by atoms with Gasteiger partial charge in [-0.3, -0.25) is 4.79 Å². The average molecular weight is 426 g/mol. The van der Waals surface area contributed by atoms with E-state index < -0.39 is 15.8 Å². The smallest absolute Gasteiger partial charge is 0.272 e. The van der Waals surface area contributed by atoms with Crippen LogP contribution in [-0.4, -0.2) is 24.1 Å². The summed E-state index contributed by atoms with van der Waals surface area (Å²) in [6.45, 7) is 2.49. The van der Waals surface area contributed by atoms with Gasteiger partial charge in [-0.2, -0.15) is 0 Å². The standard InChI is InChI=1S/C19H21ClFN3O3S/c1-2-24-10-14-13(6-8-17(14)23-28(26,27)12-4-5-12)18(24)19(25)22-11-3-7-16(21)15(20)9-11/h3,7,9-10,12,17,23H,2,4-6,8H2,1H3,(H,22,25). The maximum atomic E-state index is 13.3. The number of fused-ring (bicyclic) bond motifs is 1. The highest BCUT2D eigenvalue weighted by Gasteiger charge is 2.39. The molecule has 2 aliphatic rings. The van der Waals surface area contributed by atoms with Gasteiger partial charge in [0.05, 0.1) is 10.3 Å². The molecule has 1 fully saturated rings. The molecule has 0 bridgehead atoms. The third kappa shape index (κ3) is 3.56. The quantitative estimate of drug-likeness (QED) is 0.741. The largest absolute Gasteiger partial charge is 0.343 e. The lowest BCUT2D eigenvalue weighted by Crippen LogP contribution is -2.30. The summed E-state index contributed by atoms with van der Waals surface area (Å²) in [5.41, 5.74) is 2.62. The van der Waals surface area contributed by atoms with Gasteiger partial charge in [0.15, 0.2) is 0 Å². The van der Waals surface area contributed by atoms with E-state index in [1.165, 1.54) is 18.2 Å². The molecule has 1 heterocycles. The highest BCUT2D eigenvalue weighted by molar-refractivity contribution is 7.90. The fourth-order valence-corrected chi connectivity index (χ4v) is 5.48. The van der Waals surface area contributed by atoms with Crippen molar-refractivity contribution in [3.05, 3.63) is 52.1 Å². The van der Waals surface area contributed by atoms with E-state index in [-0.39, 0.29) is 22.2 Å². The number of benzene rings is 1. The van der Waals surface area contributed by atoms with Crippen LogP contribution in [0.25, 0.3) is 0 Å². The van der Waals surface area contributed by atoms with Crippen LogP contribution in [0.3, 0.4) is 0 Å². The molecule has 1 aromatic carbocycles. The van der Waals surface area contributed by atoms with Crippen molar-refractivity contribution in [2.75, 3.05) is 5.32 Å². The number of aromatic nitrogens is 1. The molecule has 6 nitrogen and oxygen atoms in total. The van der Waals surface area contributed by atoms with Crippen LogP contribution in [0.1, 0.15) is 53.8 Å². The predicted octanol–water partition coefficient (Wildman–Crippen LogP) is 3.62. The number of nitrogens with one attached hydrogen (secondary N) is 2. The number of sulfonamides is 1. The minimum Gasteiger partial charge on any atom is -0.343 e. The molecule has 1 atom stereocenters. The van der Waals surface area contributed by atoms with Crippen LogP contribution in [0.5, 0.6) is 0 Å². The second kappa shape index (κ2) is 7.17. The molecule has 1 aromatic heterocycles. The normalized spacial score (nSPS) is 18.9. The van der Waals surface area contributed by atoms with E-state index in [1.54, 1.807) is 0 Å². The number of anilines is 1. The van der Waals surface area contributed by atoms with E-state index in [4.69, 9.17) is 11.6 Å². The van der Waals surface area contributed by atoms with Gasteiger partial charge in [0, 0.05) is 24.5 Å². The Hall–Kier alpha value is -1.90. The van der Waals surface area contributed by atoms with E-state index in [0.717, 1.165) is 11.1 Å². The molecule has 9 heteroatoms. The van der Waals surface area contributed by atoms with Gasteiger partial charge in [0.2, 0.25) is 10.0 Å². The molecular formula is C19H21ClFN3O3S. The number of nitrogens with zero attached hydrogens (tertiary/aromatic N) is 1. The fraction of sp³-hybridized carbons (Fsp3) is 0.421. The van der Waals surface area contributed by atoms with Gasteiger partial charge in [-0.1, -0.05) is 11.6 Å². The summed E-state index contributed by atoms with van der Waals surface area (Å²) in [5, 5.41) is 2.41. The average Bonchev–Trinajstić information content (AvgIpc) is 3.35. The number of amides is 1. The van der Waals surface area contributed by atoms with E-state index in [9.17, 15) is 17.6 Å². The lowest BCUT2D eigenvalue weighted by molar-refractivity contribution is 0.101. The highest BCUT2D eigenvalue weighted by Crippen LogP contribution is 2.38. The summed E-state index contributed by atoms with van der Waals surface area (Å²) in [4.78, 5) is 12.9. The maximum Gasteiger partial charge on any atom is 0.272 e. The number of carbonyl (C=O) groups excluding carboxylic acids is 1. The van der Waals surface area contributed by atoms with Crippen molar-refractivity contribution in [2.24, 2.45) is 0 Å². The summed E-state index contributed by atoms with van der Waals surface area (Å²) >= 11 is 5.79. The Labute approximate surface area is 168 Å². The summed E-state index contributed by atoms with van der Waals surface area (Å²) in [6.07, 6.45) is 4.52. The van der Waals surface area contributed by atoms with E-state index in [1.807, 2.05) is 17.7 Å². The zero-order chi connectivity index (χ0) is 20.1. The lowest BCUT2D eigenvalue weighted by atomic mass is 10.1. The maximum absolute atomic E-state index is 13.3. The first-order chi connectivity index (χ1) is 13.3. The van der Waals surface area contributed by atoms with E-state index in [2.05, 4.69) is 10.0 Å². The van der Waals surface area contributed by atoms with E-state index in [0.29, 0.717) is 43.6 Å². The van der Waals surface area contributed by atoms with Crippen LogP contribution in [0.4, 0.5) is 10.1 Å². The van der Waals surface area contributed by atoms with Crippen molar-refractivity contribution in [2.45, 2.75) is 50.4 Å². The van der Waals surface area contributed by atoms with Crippen molar-refractivity contribution in [3.8, 4) is 0 Å². The van der Waals surface area contributed by atoms with Gasteiger partial charge >= 0.3 is 0 Å². The van der Waals surface area contributed by atoms with Crippen molar-refractivity contribution in [1.29, 1.82) is 0 Å². The Morgan fingerprint density at radius 3 is 2.71 bits per heavy atom. The molecule has 28 heavy (non-hydrogen) atoms. The minimum atomic E-state index is -3.31. The Morgan fingerprint density at radius 1 is 1.32 bits per heavy atom. The van der Waals surface area contributed by atoms with Crippen LogP contribution in [-0.2, 0) is 23.0 Å². The summed E-state index contributed by atoms with van der Waals surface area (Å²) in [6, 6.07) is 3.70. The Balaban J connectivity index is 1.60. The molecule has 2 aromatic rings. The number of carbonyl (C=O) groups is 1. The van der Waals surface area contributed by atoms with Crippen LogP contribution >= 0.6 is 11.6 Å². The fourth-order valence-electron chi connectivity index (χ4n) is 3.70. The van der Waals surface area contributed by atoms with Gasteiger partial charge in [0.25, 0.3) is 5.91 Å². The van der Waals surface area contributed by atoms with Crippen LogP contribution in [0.15, 0.2) is 24.4 Å². The third-order valence-electron chi connectivity index (χ3n) is 5.28. The van der Waals surface area contributed by atoms with E-state index >= 15 is 0 Å². The molecule has 1 unspecified atom stereocenters. The molecule has 0 radical (unpaired) electrons. The number of halogens is 2. The Kier molecular flexibility index (Phi) is 4.97. The molecule has 1 amide bonds. The molecular weight excluding hydrogens is 405 g/mol. The summed E-state index contributed by atoms with van der Waals surface area (Å²) in [7, 11) is -3.31. The van der Waals surface area contributed by atoms with Crippen LogP contribution in [0, 0.1) is 5.82 Å². The molecule has 0 spiro atoms. The van der Waals surface area contributed by atoms with Gasteiger partial charge < -0.3 is 9.88 Å². The first kappa shape index (κ1) is 19.4. The van der Waals surface area contributed by atoms with Gasteiger partial charge in [0.1, 0.15) is 11.5 Å². The number of hydrogen-bond acceptors (Lipinski definition) is 3. The second-order valence-corrected chi connectivity index (χ2v) is 9.63. The first-order valence-electron chi connectivity index (χ1n) is 9.29. The van der Waals surface area contributed by atoms with Crippen LogP contribution < -0.4 is 10.0 Å². The zero-order valence-electron chi connectivity index (χ0n) is 15.3. The Morgan fingerprint density at radius 2 is 2.07 bits per heavy atom. The van der Waals surface area contributed by atoms with Gasteiger partial charge in [-0.05, 0) is 61.9 Å². The second-order valence-electron chi connectivity index (χ2n) is 7.23. The topological polar surface area (TPSA) is 80.2 Å². The summed E-state index contributed by atoms with van der Waals surface area (Å²) < 4.78 is 42.6. The third-order valence-corrected chi connectivity index (χ3v) is 7.53. The minimum absolute atomic E-state index is 0.0663. The van der Waals surface area contributed by atoms with Crippen molar-refractivity contribution < 1.29 is 17.6 Å². The number of aryl methyl sites for hydroxylation is 1. The highest BCUT2D eigenvalue weighted by atomic mass is 35.5. The lowest BCUT2D eigenvalue weighted by Gasteiger charge is -2.13. The van der Waals surface area contributed by atoms with Crippen LogP contribution in [0.2, 0.25) is 5.02 Å². The number of rotatable bonds is 6. The van der Waals surface area contributed by atoms with Crippen molar-refractivity contribution >= 4 is 33.2 Å². The molecule has 2 aliphatic carbocycles. The molecule has 0 aliphatic heterocycles. The SMILES string of the molecule is CCn1cc2c(c1C(=O)Nc1ccc(F)c(Cl)c1)CCC2NS(=O)(=O)C1CC1. The molecule has 4 rings (SSSR count). The zero-order valence-corrected chi connectivity index (χ0v) is 16.9. The first-order valence-corrected chi connectivity index (χ1v) is 11.2. The monoisotopic (exact) mass is 425 g/mol. The molecule has 1 saturated carbocycles. The number of hydrogen-bond donors (Lipinski definition) is 2. The van der Waals surface area contributed by atoms with Gasteiger partial charge in [-0.25, -0.2) is 17.5 Å². The Bertz CT molecular complexity index is 1050. The summed E-state index contributed by atoms with van der Waals surface area (Å²) in [5.74, 6) is -0.875. The molecule has 150 valence electrons. The molecule has 0 saturated heterocycles. The van der Waals surface area contributed by atoms with Gasteiger partial charge in [-0.15, -0.1) is 0 Å². The predicted molar refractivity (Wildman–Crippen MR) is 106 cm³/mol. The van der Waals surface area contributed by atoms with Crippen molar-refractivity contribution in [1.82, 2.24) is 9.29 Å². The van der Waals surface area contributed by atoms with Crippen molar-refractivity contribution in [3.63, 3.8) is 0 Å². The molecule has 2 N–H and O–H groups in total.